The van der Waals surface area contributed by atoms with E-state index in [-0.39, 0.29) is 13.2 Å². The summed E-state index contributed by atoms with van der Waals surface area (Å²) in [5, 5.41) is 19.9. The van der Waals surface area contributed by atoms with E-state index in [4.69, 9.17) is 19.7 Å². The van der Waals surface area contributed by atoms with Crippen LogP contribution in [0.5, 0.6) is 11.5 Å². The summed E-state index contributed by atoms with van der Waals surface area (Å²) in [7, 11) is 0. The van der Waals surface area contributed by atoms with Gasteiger partial charge in [-0.25, -0.2) is 0 Å². The van der Waals surface area contributed by atoms with Crippen LogP contribution in [0.3, 0.4) is 0 Å². The smallest absolute Gasteiger partial charge is 0.168 e. The molecule has 0 aliphatic heterocycles. The molecule has 2 N–H and O–H groups in total. The number of benzene rings is 2. The average molecular weight is 360 g/mol. The van der Waals surface area contributed by atoms with E-state index >= 15 is 0 Å². The molecule has 0 bridgehead atoms. The SMILES string of the molecule is OCCCCCCOc1ccc2ccccc2c1OCCCCCCO. The second-order valence-corrected chi connectivity index (χ2v) is 6.59. The maximum absolute atomic E-state index is 8.85. The second kappa shape index (κ2) is 12.6. The lowest BCUT2D eigenvalue weighted by atomic mass is 10.1. The molecule has 26 heavy (non-hydrogen) atoms. The number of fused-ring (bicyclic) bond motifs is 1. The summed E-state index contributed by atoms with van der Waals surface area (Å²) in [6, 6.07) is 12.3. The first-order chi connectivity index (χ1) is 12.9. The van der Waals surface area contributed by atoms with E-state index < -0.39 is 0 Å². The van der Waals surface area contributed by atoms with Crippen LogP contribution >= 0.6 is 0 Å². The van der Waals surface area contributed by atoms with Crippen molar-refractivity contribution >= 4 is 10.8 Å². The van der Waals surface area contributed by atoms with Crippen LogP contribution in [0.1, 0.15) is 51.4 Å². The van der Waals surface area contributed by atoms with Crippen LogP contribution < -0.4 is 9.47 Å². The van der Waals surface area contributed by atoms with Gasteiger partial charge in [0.1, 0.15) is 0 Å². The Morgan fingerprint density at radius 2 is 1.23 bits per heavy atom. The molecular formula is C22H32O4. The first kappa shape index (κ1) is 20.5. The Labute approximate surface area is 156 Å². The molecule has 0 aliphatic carbocycles. The van der Waals surface area contributed by atoms with Crippen molar-refractivity contribution in [2.75, 3.05) is 26.4 Å². The highest BCUT2D eigenvalue weighted by Crippen LogP contribution is 2.36. The highest BCUT2D eigenvalue weighted by atomic mass is 16.5. The largest absolute Gasteiger partial charge is 0.490 e. The topological polar surface area (TPSA) is 58.9 Å². The Morgan fingerprint density at radius 1 is 0.615 bits per heavy atom. The summed E-state index contributed by atoms with van der Waals surface area (Å²) in [6.07, 6.45) is 7.87. The molecule has 0 spiro atoms. The third-order valence-electron chi connectivity index (χ3n) is 4.45. The van der Waals surface area contributed by atoms with Crippen molar-refractivity contribution in [1.82, 2.24) is 0 Å². The standard InChI is InChI=1S/C22H32O4/c23-15-7-1-3-9-17-25-21-14-13-19-11-5-6-12-20(19)22(21)26-18-10-4-2-8-16-24/h5-6,11-14,23-24H,1-4,7-10,15-18H2. The summed E-state index contributed by atoms with van der Waals surface area (Å²) in [5.41, 5.74) is 0. The van der Waals surface area contributed by atoms with E-state index in [1.165, 1.54) is 0 Å². The highest BCUT2D eigenvalue weighted by molar-refractivity contribution is 5.90. The number of aliphatic hydroxyl groups is 2. The number of aliphatic hydroxyl groups excluding tert-OH is 2. The molecule has 4 nitrogen and oxygen atoms in total. The molecule has 144 valence electrons. The fraction of sp³-hybridized carbons (Fsp3) is 0.545. The lowest BCUT2D eigenvalue weighted by Gasteiger charge is -2.15. The van der Waals surface area contributed by atoms with Crippen molar-refractivity contribution in [3.8, 4) is 11.5 Å². The van der Waals surface area contributed by atoms with E-state index in [1.807, 2.05) is 18.2 Å². The van der Waals surface area contributed by atoms with E-state index in [9.17, 15) is 0 Å². The van der Waals surface area contributed by atoms with Crippen molar-refractivity contribution in [3.05, 3.63) is 36.4 Å². The van der Waals surface area contributed by atoms with Crippen LogP contribution in [0.25, 0.3) is 10.8 Å². The van der Waals surface area contributed by atoms with Gasteiger partial charge in [-0.2, -0.15) is 0 Å². The fourth-order valence-corrected chi connectivity index (χ4v) is 2.98. The van der Waals surface area contributed by atoms with Gasteiger partial charge in [-0.15, -0.1) is 0 Å². The van der Waals surface area contributed by atoms with Crippen molar-refractivity contribution in [1.29, 1.82) is 0 Å². The summed E-state index contributed by atoms with van der Waals surface area (Å²) in [4.78, 5) is 0. The zero-order valence-corrected chi connectivity index (χ0v) is 15.7. The number of hydrogen-bond donors (Lipinski definition) is 2. The Morgan fingerprint density at radius 3 is 1.92 bits per heavy atom. The molecule has 0 aliphatic rings. The van der Waals surface area contributed by atoms with Crippen molar-refractivity contribution in [2.45, 2.75) is 51.4 Å². The van der Waals surface area contributed by atoms with Crippen LogP contribution in [-0.2, 0) is 0 Å². The van der Waals surface area contributed by atoms with Crippen molar-refractivity contribution in [2.24, 2.45) is 0 Å². The minimum atomic E-state index is 0.264. The van der Waals surface area contributed by atoms with Crippen LogP contribution in [0, 0.1) is 0 Å². The van der Waals surface area contributed by atoms with Crippen LogP contribution in [0.15, 0.2) is 36.4 Å². The molecule has 0 fully saturated rings. The van der Waals surface area contributed by atoms with Gasteiger partial charge in [0.15, 0.2) is 11.5 Å². The van der Waals surface area contributed by atoms with Gasteiger partial charge in [0, 0.05) is 18.6 Å². The summed E-state index contributed by atoms with van der Waals surface area (Å²) >= 11 is 0. The summed E-state index contributed by atoms with van der Waals surface area (Å²) in [5.74, 6) is 1.64. The first-order valence-electron chi connectivity index (χ1n) is 9.86. The Kier molecular flexibility index (Phi) is 9.91. The minimum Gasteiger partial charge on any atom is -0.490 e. The van der Waals surface area contributed by atoms with Gasteiger partial charge < -0.3 is 19.7 Å². The van der Waals surface area contributed by atoms with Crippen LogP contribution in [0.4, 0.5) is 0 Å². The molecule has 2 aromatic rings. The first-order valence-corrected chi connectivity index (χ1v) is 9.86. The monoisotopic (exact) mass is 360 g/mol. The maximum Gasteiger partial charge on any atom is 0.168 e. The van der Waals surface area contributed by atoms with Crippen LogP contribution in [-0.4, -0.2) is 36.6 Å². The Hall–Kier alpha value is -1.78. The normalized spacial score (nSPS) is 11.0. The molecule has 2 rings (SSSR count). The van der Waals surface area contributed by atoms with E-state index in [0.29, 0.717) is 13.2 Å². The van der Waals surface area contributed by atoms with E-state index in [0.717, 1.165) is 73.6 Å². The molecule has 0 atom stereocenters. The van der Waals surface area contributed by atoms with E-state index in [1.54, 1.807) is 0 Å². The Balaban J connectivity index is 1.94. The zero-order chi connectivity index (χ0) is 18.5. The number of ether oxygens (including phenoxy) is 2. The van der Waals surface area contributed by atoms with Crippen LogP contribution in [0.2, 0.25) is 0 Å². The van der Waals surface area contributed by atoms with Gasteiger partial charge in [-0.1, -0.05) is 43.2 Å². The molecular weight excluding hydrogens is 328 g/mol. The molecule has 0 saturated heterocycles. The van der Waals surface area contributed by atoms with Gasteiger partial charge in [0.05, 0.1) is 13.2 Å². The van der Waals surface area contributed by atoms with E-state index in [2.05, 4.69) is 18.2 Å². The second-order valence-electron chi connectivity index (χ2n) is 6.59. The predicted molar refractivity (Wildman–Crippen MR) is 106 cm³/mol. The number of unbranched alkanes of at least 4 members (excludes halogenated alkanes) is 6. The molecule has 0 aromatic heterocycles. The number of hydrogen-bond acceptors (Lipinski definition) is 4. The average Bonchev–Trinajstić information content (AvgIpc) is 2.68. The zero-order valence-electron chi connectivity index (χ0n) is 15.7. The fourth-order valence-electron chi connectivity index (χ4n) is 2.98. The minimum absolute atomic E-state index is 0.264. The predicted octanol–water partition coefficient (Wildman–Crippen LogP) is 4.70. The quantitative estimate of drug-likeness (QED) is 0.479. The van der Waals surface area contributed by atoms with Gasteiger partial charge in [0.25, 0.3) is 0 Å². The molecule has 2 aromatic carbocycles. The summed E-state index contributed by atoms with van der Waals surface area (Å²) in [6.45, 7) is 1.85. The van der Waals surface area contributed by atoms with Gasteiger partial charge in [-0.3, -0.25) is 0 Å². The van der Waals surface area contributed by atoms with Gasteiger partial charge >= 0.3 is 0 Å². The maximum atomic E-state index is 8.85. The molecule has 0 amide bonds. The molecule has 0 unspecified atom stereocenters. The van der Waals surface area contributed by atoms with Crippen molar-refractivity contribution < 1.29 is 19.7 Å². The third-order valence-corrected chi connectivity index (χ3v) is 4.45. The number of rotatable bonds is 14. The third kappa shape index (κ3) is 6.85. The molecule has 0 radical (unpaired) electrons. The van der Waals surface area contributed by atoms with Gasteiger partial charge in [0.2, 0.25) is 0 Å². The Bertz CT molecular complexity index is 627. The molecule has 0 heterocycles. The molecule has 4 heteroatoms. The lowest BCUT2D eigenvalue weighted by molar-refractivity contribution is 0.253. The highest BCUT2D eigenvalue weighted by Gasteiger charge is 2.10. The van der Waals surface area contributed by atoms with Gasteiger partial charge in [-0.05, 0) is 50.0 Å². The molecule has 0 saturated carbocycles. The van der Waals surface area contributed by atoms with Crippen molar-refractivity contribution in [3.63, 3.8) is 0 Å². The lowest BCUT2D eigenvalue weighted by Crippen LogP contribution is -2.03. The summed E-state index contributed by atoms with van der Waals surface area (Å²) < 4.78 is 12.1.